The predicted octanol–water partition coefficient (Wildman–Crippen LogP) is 0.964. The molecule has 2 heterocycles. The normalized spacial score (nSPS) is 20.6. The second-order valence-corrected chi connectivity index (χ2v) is 7.04. The molecule has 0 amide bonds. The first kappa shape index (κ1) is 15.5. The molecule has 7 heteroatoms. The van der Waals surface area contributed by atoms with E-state index in [4.69, 9.17) is 9.15 Å². The van der Waals surface area contributed by atoms with Crippen LogP contribution in [0.25, 0.3) is 0 Å². The van der Waals surface area contributed by atoms with Gasteiger partial charge in [-0.2, -0.15) is 4.31 Å². The van der Waals surface area contributed by atoms with E-state index < -0.39 is 10.0 Å². The third-order valence-corrected chi connectivity index (χ3v) is 5.52. The molecule has 1 fully saturated rings. The summed E-state index contributed by atoms with van der Waals surface area (Å²) in [6, 6.07) is 1.62. The Bertz CT molecular complexity index is 553. The van der Waals surface area contributed by atoms with Gasteiger partial charge in [0.05, 0.1) is 13.2 Å². The van der Waals surface area contributed by atoms with E-state index in [0.29, 0.717) is 37.8 Å². The molecule has 0 bridgehead atoms. The fourth-order valence-electron chi connectivity index (χ4n) is 2.57. The van der Waals surface area contributed by atoms with E-state index in [2.05, 4.69) is 5.32 Å². The molecular formula is C13H22N2O4S. The number of aryl methyl sites for hydroxylation is 1. The van der Waals surface area contributed by atoms with Crippen molar-refractivity contribution in [3.8, 4) is 0 Å². The highest BCUT2D eigenvalue weighted by molar-refractivity contribution is 7.89. The third kappa shape index (κ3) is 3.06. The lowest BCUT2D eigenvalue weighted by atomic mass is 10.1. The smallest absolute Gasteiger partial charge is 0.246 e. The number of nitrogens with one attached hydrogen (secondary N) is 1. The lowest BCUT2D eigenvalue weighted by Crippen LogP contribution is -2.29. The van der Waals surface area contributed by atoms with Crippen LogP contribution in [0.5, 0.6) is 0 Å². The minimum absolute atomic E-state index is 0.277. The Balaban J connectivity index is 2.18. The van der Waals surface area contributed by atoms with Crippen molar-refractivity contribution >= 4 is 10.0 Å². The SMILES string of the molecule is CNCc1cc(S(=O)(=O)N2CCC(COC)C2)c(C)o1. The van der Waals surface area contributed by atoms with E-state index in [1.807, 2.05) is 0 Å². The highest BCUT2D eigenvalue weighted by Crippen LogP contribution is 2.28. The molecule has 0 aromatic carbocycles. The molecular weight excluding hydrogens is 280 g/mol. The largest absolute Gasteiger partial charge is 0.464 e. The summed E-state index contributed by atoms with van der Waals surface area (Å²) in [5.41, 5.74) is 0. The molecule has 0 saturated carbocycles. The fraction of sp³-hybridized carbons (Fsp3) is 0.692. The molecule has 1 unspecified atom stereocenters. The van der Waals surface area contributed by atoms with Crippen LogP contribution in [0.1, 0.15) is 17.9 Å². The summed E-state index contributed by atoms with van der Waals surface area (Å²) < 4.78 is 37.4. The molecule has 1 saturated heterocycles. The second-order valence-electron chi connectivity index (χ2n) is 5.14. The van der Waals surface area contributed by atoms with Crippen LogP contribution < -0.4 is 5.32 Å². The molecule has 114 valence electrons. The summed E-state index contributed by atoms with van der Waals surface area (Å²) in [7, 11) is -0.0281. The van der Waals surface area contributed by atoms with E-state index in [9.17, 15) is 8.42 Å². The van der Waals surface area contributed by atoms with Gasteiger partial charge >= 0.3 is 0 Å². The van der Waals surface area contributed by atoms with Crippen LogP contribution >= 0.6 is 0 Å². The molecule has 0 spiro atoms. The van der Waals surface area contributed by atoms with Gasteiger partial charge in [0.15, 0.2) is 0 Å². The van der Waals surface area contributed by atoms with Crippen LogP contribution in [0.4, 0.5) is 0 Å². The van der Waals surface area contributed by atoms with Gasteiger partial charge in [-0.1, -0.05) is 0 Å². The number of sulfonamides is 1. The third-order valence-electron chi connectivity index (χ3n) is 3.54. The lowest BCUT2D eigenvalue weighted by molar-refractivity contribution is 0.157. The van der Waals surface area contributed by atoms with Gasteiger partial charge in [-0.05, 0) is 26.3 Å². The van der Waals surface area contributed by atoms with E-state index in [1.54, 1.807) is 27.1 Å². The molecule has 1 aliphatic rings. The topological polar surface area (TPSA) is 71.8 Å². The van der Waals surface area contributed by atoms with Crippen LogP contribution in [0.15, 0.2) is 15.4 Å². The number of rotatable bonds is 6. The zero-order valence-corrected chi connectivity index (χ0v) is 13.0. The Hall–Kier alpha value is -0.890. The van der Waals surface area contributed by atoms with Crippen LogP contribution in [0, 0.1) is 12.8 Å². The van der Waals surface area contributed by atoms with Crippen molar-refractivity contribution in [3.63, 3.8) is 0 Å². The van der Waals surface area contributed by atoms with Crippen molar-refractivity contribution in [2.45, 2.75) is 24.8 Å². The van der Waals surface area contributed by atoms with E-state index in [1.165, 1.54) is 4.31 Å². The average Bonchev–Trinajstić information content (AvgIpc) is 2.98. The highest BCUT2D eigenvalue weighted by atomic mass is 32.2. The van der Waals surface area contributed by atoms with Gasteiger partial charge in [-0.25, -0.2) is 8.42 Å². The maximum Gasteiger partial charge on any atom is 0.246 e. The Kier molecular flexibility index (Phi) is 4.85. The fourth-order valence-corrected chi connectivity index (χ4v) is 4.28. The number of ether oxygens (including phenoxy) is 1. The number of nitrogens with zero attached hydrogens (tertiary/aromatic N) is 1. The Morgan fingerprint density at radius 3 is 2.95 bits per heavy atom. The van der Waals surface area contributed by atoms with Gasteiger partial charge in [0.1, 0.15) is 16.4 Å². The quantitative estimate of drug-likeness (QED) is 0.847. The first-order valence-corrected chi connectivity index (χ1v) is 8.16. The number of hydrogen-bond acceptors (Lipinski definition) is 5. The van der Waals surface area contributed by atoms with E-state index >= 15 is 0 Å². The predicted molar refractivity (Wildman–Crippen MR) is 75.0 cm³/mol. The minimum atomic E-state index is -3.46. The van der Waals surface area contributed by atoms with E-state index in [0.717, 1.165) is 6.42 Å². The molecule has 1 N–H and O–H groups in total. The van der Waals surface area contributed by atoms with Gasteiger partial charge in [0.25, 0.3) is 0 Å². The molecule has 1 aromatic rings. The Labute approximate surface area is 120 Å². The van der Waals surface area contributed by atoms with Gasteiger partial charge in [0.2, 0.25) is 10.0 Å². The summed E-state index contributed by atoms with van der Waals surface area (Å²) in [6.45, 7) is 3.86. The van der Waals surface area contributed by atoms with Crippen molar-refractivity contribution in [2.75, 3.05) is 33.9 Å². The number of hydrogen-bond donors (Lipinski definition) is 1. The van der Waals surface area contributed by atoms with E-state index in [-0.39, 0.29) is 10.8 Å². The van der Waals surface area contributed by atoms with Crippen LogP contribution in [0.3, 0.4) is 0 Å². The number of furan rings is 1. The molecule has 2 rings (SSSR count). The van der Waals surface area contributed by atoms with Crippen molar-refractivity contribution in [2.24, 2.45) is 5.92 Å². The summed E-state index contributed by atoms with van der Waals surface area (Å²) in [5, 5.41) is 2.95. The highest BCUT2D eigenvalue weighted by Gasteiger charge is 2.34. The maximum atomic E-state index is 12.6. The molecule has 0 aliphatic carbocycles. The minimum Gasteiger partial charge on any atom is -0.464 e. The first-order chi connectivity index (χ1) is 9.48. The van der Waals surface area contributed by atoms with Crippen LogP contribution in [-0.2, 0) is 21.3 Å². The van der Waals surface area contributed by atoms with Gasteiger partial charge < -0.3 is 14.5 Å². The number of methoxy groups -OCH3 is 1. The maximum absolute atomic E-state index is 12.6. The second kappa shape index (κ2) is 6.26. The van der Waals surface area contributed by atoms with Crippen LogP contribution in [0.2, 0.25) is 0 Å². The molecule has 6 nitrogen and oxygen atoms in total. The zero-order valence-electron chi connectivity index (χ0n) is 12.2. The lowest BCUT2D eigenvalue weighted by Gasteiger charge is -2.15. The van der Waals surface area contributed by atoms with Crippen molar-refractivity contribution in [1.82, 2.24) is 9.62 Å². The van der Waals surface area contributed by atoms with Gasteiger partial charge in [-0.15, -0.1) is 0 Å². The monoisotopic (exact) mass is 302 g/mol. The Morgan fingerprint density at radius 2 is 2.30 bits per heavy atom. The van der Waals surface area contributed by atoms with Gasteiger partial charge in [-0.3, -0.25) is 0 Å². The standard InChI is InChI=1S/C13H22N2O4S/c1-10-13(6-12(19-10)7-14-2)20(16,17)15-5-4-11(8-15)9-18-3/h6,11,14H,4-5,7-9H2,1-3H3. The molecule has 1 aliphatic heterocycles. The molecule has 0 radical (unpaired) electrons. The average molecular weight is 302 g/mol. The first-order valence-electron chi connectivity index (χ1n) is 6.72. The van der Waals surface area contributed by atoms with Gasteiger partial charge in [0, 0.05) is 26.3 Å². The molecule has 1 aromatic heterocycles. The Morgan fingerprint density at radius 1 is 1.55 bits per heavy atom. The van der Waals surface area contributed by atoms with Crippen LogP contribution in [-0.4, -0.2) is 46.6 Å². The zero-order chi connectivity index (χ0) is 14.8. The van der Waals surface area contributed by atoms with Crippen molar-refractivity contribution in [3.05, 3.63) is 17.6 Å². The van der Waals surface area contributed by atoms with Crippen molar-refractivity contribution in [1.29, 1.82) is 0 Å². The molecule has 1 atom stereocenters. The summed E-state index contributed by atoms with van der Waals surface area (Å²) in [6.07, 6.45) is 0.841. The summed E-state index contributed by atoms with van der Waals surface area (Å²) >= 11 is 0. The van der Waals surface area contributed by atoms with Crippen molar-refractivity contribution < 1.29 is 17.6 Å². The summed E-state index contributed by atoms with van der Waals surface area (Å²) in [4.78, 5) is 0.279. The molecule has 20 heavy (non-hydrogen) atoms. The summed E-state index contributed by atoms with van der Waals surface area (Å²) in [5.74, 6) is 1.36.